The molecule has 1 heterocycles. The molecule has 0 saturated heterocycles. The van der Waals surface area contributed by atoms with Gasteiger partial charge >= 0.3 is 6.18 Å². The van der Waals surface area contributed by atoms with E-state index in [1.807, 2.05) is 0 Å². The van der Waals surface area contributed by atoms with Gasteiger partial charge in [-0.2, -0.15) is 13.2 Å². The molecular formula is C8H6F5NO2. The summed E-state index contributed by atoms with van der Waals surface area (Å²) >= 11 is 0. The van der Waals surface area contributed by atoms with Crippen LogP contribution in [0.5, 0.6) is 0 Å². The van der Waals surface area contributed by atoms with Crippen LogP contribution in [-0.4, -0.2) is 10.1 Å². The standard InChI is InChI=1S/C8H6F5NO2/c9-7(10)5-4(8(11,12)13)6(16)3(2-15)1-14-5/h1,7,15H,2H2,(H,14,16). The Kier molecular flexibility index (Phi) is 3.32. The molecule has 90 valence electrons. The molecule has 0 atom stereocenters. The van der Waals surface area contributed by atoms with Crippen molar-refractivity contribution >= 4 is 0 Å². The summed E-state index contributed by atoms with van der Waals surface area (Å²) in [6.07, 6.45) is -8.00. The van der Waals surface area contributed by atoms with Gasteiger partial charge in [0.15, 0.2) is 5.43 Å². The van der Waals surface area contributed by atoms with Crippen molar-refractivity contribution in [3.05, 3.63) is 33.2 Å². The first-order valence-corrected chi connectivity index (χ1v) is 3.99. The number of aliphatic hydroxyl groups is 1. The molecule has 0 amide bonds. The fourth-order valence-electron chi connectivity index (χ4n) is 1.16. The molecule has 0 spiro atoms. The van der Waals surface area contributed by atoms with Crippen LogP contribution in [0.15, 0.2) is 11.0 Å². The van der Waals surface area contributed by atoms with E-state index in [0.29, 0.717) is 6.20 Å². The fraction of sp³-hybridized carbons (Fsp3) is 0.375. The molecule has 1 aromatic rings. The lowest BCUT2D eigenvalue weighted by Crippen LogP contribution is -2.26. The van der Waals surface area contributed by atoms with E-state index in [-0.39, 0.29) is 0 Å². The highest BCUT2D eigenvalue weighted by Gasteiger charge is 2.39. The number of aliphatic hydroxyl groups excluding tert-OH is 1. The Bertz CT molecular complexity index is 437. The highest BCUT2D eigenvalue weighted by molar-refractivity contribution is 5.28. The van der Waals surface area contributed by atoms with Crippen molar-refractivity contribution in [3.8, 4) is 0 Å². The van der Waals surface area contributed by atoms with E-state index in [2.05, 4.69) is 0 Å². The predicted molar refractivity (Wildman–Crippen MR) is 42.9 cm³/mol. The van der Waals surface area contributed by atoms with Crippen molar-refractivity contribution in [2.45, 2.75) is 19.2 Å². The summed E-state index contributed by atoms with van der Waals surface area (Å²) < 4.78 is 61.5. The topological polar surface area (TPSA) is 53.1 Å². The minimum atomic E-state index is -5.19. The van der Waals surface area contributed by atoms with E-state index in [9.17, 15) is 26.7 Å². The summed E-state index contributed by atoms with van der Waals surface area (Å²) in [7, 11) is 0. The minimum Gasteiger partial charge on any atom is -0.391 e. The van der Waals surface area contributed by atoms with Crippen molar-refractivity contribution in [2.75, 3.05) is 0 Å². The second-order valence-corrected chi connectivity index (χ2v) is 2.89. The summed E-state index contributed by atoms with van der Waals surface area (Å²) in [5.74, 6) is 0. The van der Waals surface area contributed by atoms with E-state index < -0.39 is 41.5 Å². The summed E-state index contributed by atoms with van der Waals surface area (Å²) in [4.78, 5) is 12.8. The highest BCUT2D eigenvalue weighted by Crippen LogP contribution is 2.32. The molecule has 0 aliphatic rings. The van der Waals surface area contributed by atoms with E-state index in [1.54, 1.807) is 4.98 Å². The monoisotopic (exact) mass is 243 g/mol. The maximum absolute atomic E-state index is 12.4. The van der Waals surface area contributed by atoms with Gasteiger partial charge in [0, 0.05) is 11.8 Å². The van der Waals surface area contributed by atoms with Crippen molar-refractivity contribution in [1.82, 2.24) is 4.98 Å². The molecule has 16 heavy (non-hydrogen) atoms. The number of hydrogen-bond donors (Lipinski definition) is 2. The molecule has 2 N–H and O–H groups in total. The van der Waals surface area contributed by atoms with Crippen LogP contribution >= 0.6 is 0 Å². The first kappa shape index (κ1) is 12.6. The zero-order chi connectivity index (χ0) is 12.5. The molecule has 0 aliphatic carbocycles. The lowest BCUT2D eigenvalue weighted by Gasteiger charge is -2.12. The normalized spacial score (nSPS) is 12.2. The van der Waals surface area contributed by atoms with Crippen LogP contribution in [-0.2, 0) is 12.8 Å². The third-order valence-corrected chi connectivity index (χ3v) is 1.86. The third-order valence-electron chi connectivity index (χ3n) is 1.86. The zero-order valence-corrected chi connectivity index (χ0v) is 7.61. The van der Waals surface area contributed by atoms with Gasteiger partial charge in [0.1, 0.15) is 5.56 Å². The largest absolute Gasteiger partial charge is 0.422 e. The Labute approximate surface area is 85.5 Å². The number of rotatable bonds is 2. The van der Waals surface area contributed by atoms with Crippen LogP contribution in [0.1, 0.15) is 23.2 Å². The molecule has 0 aromatic carbocycles. The summed E-state index contributed by atoms with van der Waals surface area (Å²) in [5.41, 5.74) is -5.70. The number of alkyl halides is 5. The molecular weight excluding hydrogens is 237 g/mol. The third kappa shape index (κ3) is 2.21. The number of aromatic amines is 1. The van der Waals surface area contributed by atoms with E-state index in [4.69, 9.17) is 5.11 Å². The molecule has 0 radical (unpaired) electrons. The zero-order valence-electron chi connectivity index (χ0n) is 7.61. The molecule has 1 aromatic heterocycles. The summed E-state index contributed by atoms with van der Waals surface area (Å²) in [5, 5.41) is 8.56. The number of hydrogen-bond acceptors (Lipinski definition) is 2. The Morgan fingerprint density at radius 3 is 2.31 bits per heavy atom. The maximum atomic E-state index is 12.4. The van der Waals surface area contributed by atoms with Gasteiger partial charge in [-0.1, -0.05) is 0 Å². The maximum Gasteiger partial charge on any atom is 0.422 e. The van der Waals surface area contributed by atoms with Gasteiger partial charge in [-0.15, -0.1) is 0 Å². The quantitative estimate of drug-likeness (QED) is 0.778. The first-order chi connectivity index (χ1) is 7.29. The average molecular weight is 243 g/mol. The molecule has 8 heteroatoms. The smallest absolute Gasteiger partial charge is 0.391 e. The van der Waals surface area contributed by atoms with Gasteiger partial charge in [-0.3, -0.25) is 4.79 Å². The second-order valence-electron chi connectivity index (χ2n) is 2.89. The summed E-state index contributed by atoms with van der Waals surface area (Å²) in [6.45, 7) is -0.956. The van der Waals surface area contributed by atoms with Crippen LogP contribution < -0.4 is 5.43 Å². The average Bonchev–Trinajstić information content (AvgIpc) is 2.14. The van der Waals surface area contributed by atoms with E-state index in [1.165, 1.54) is 0 Å². The number of H-pyrrole nitrogens is 1. The Morgan fingerprint density at radius 2 is 1.94 bits per heavy atom. The van der Waals surface area contributed by atoms with Crippen molar-refractivity contribution < 1.29 is 27.1 Å². The lowest BCUT2D eigenvalue weighted by molar-refractivity contribution is -0.140. The number of pyridine rings is 1. The van der Waals surface area contributed by atoms with E-state index >= 15 is 0 Å². The predicted octanol–water partition coefficient (Wildman–Crippen LogP) is 1.82. The molecule has 3 nitrogen and oxygen atoms in total. The second kappa shape index (κ2) is 4.20. The molecule has 0 unspecified atom stereocenters. The van der Waals surface area contributed by atoms with Gasteiger partial charge in [0.05, 0.1) is 12.3 Å². The first-order valence-electron chi connectivity index (χ1n) is 3.99. The van der Waals surface area contributed by atoms with Crippen LogP contribution in [0, 0.1) is 0 Å². The van der Waals surface area contributed by atoms with Gasteiger partial charge in [0.2, 0.25) is 0 Å². The minimum absolute atomic E-state index is 0.614. The SMILES string of the molecule is O=c1c(CO)c[nH]c(C(F)F)c1C(F)(F)F. The molecule has 0 aliphatic heterocycles. The highest BCUT2D eigenvalue weighted by atomic mass is 19.4. The molecule has 0 fully saturated rings. The molecule has 1 rings (SSSR count). The number of aromatic nitrogens is 1. The Hall–Kier alpha value is -1.44. The van der Waals surface area contributed by atoms with Crippen molar-refractivity contribution in [1.29, 1.82) is 0 Å². The van der Waals surface area contributed by atoms with Gasteiger partial charge in [0.25, 0.3) is 6.43 Å². The molecule has 0 bridgehead atoms. The Morgan fingerprint density at radius 1 is 1.38 bits per heavy atom. The van der Waals surface area contributed by atoms with Gasteiger partial charge < -0.3 is 10.1 Å². The van der Waals surface area contributed by atoms with Gasteiger partial charge in [-0.25, -0.2) is 8.78 Å². The number of halogens is 5. The van der Waals surface area contributed by atoms with Crippen LogP contribution in [0.25, 0.3) is 0 Å². The fourth-order valence-corrected chi connectivity index (χ4v) is 1.16. The van der Waals surface area contributed by atoms with Crippen LogP contribution in [0.2, 0.25) is 0 Å². The lowest BCUT2D eigenvalue weighted by atomic mass is 10.1. The van der Waals surface area contributed by atoms with Crippen LogP contribution in [0.4, 0.5) is 22.0 Å². The number of nitrogens with one attached hydrogen (secondary N) is 1. The van der Waals surface area contributed by atoms with E-state index in [0.717, 1.165) is 0 Å². The van der Waals surface area contributed by atoms with Crippen LogP contribution in [0.3, 0.4) is 0 Å². The molecule has 0 saturated carbocycles. The Balaban J connectivity index is 3.57. The van der Waals surface area contributed by atoms with Crippen molar-refractivity contribution in [2.24, 2.45) is 0 Å². The van der Waals surface area contributed by atoms with Gasteiger partial charge in [-0.05, 0) is 0 Å². The van der Waals surface area contributed by atoms with Crippen molar-refractivity contribution in [3.63, 3.8) is 0 Å². The summed E-state index contributed by atoms with van der Waals surface area (Å²) in [6, 6.07) is 0.